The summed E-state index contributed by atoms with van der Waals surface area (Å²) >= 11 is 0. The van der Waals surface area contributed by atoms with Gasteiger partial charge in [0.05, 0.1) is 13.7 Å². The van der Waals surface area contributed by atoms with E-state index in [-0.39, 0.29) is 0 Å². The average Bonchev–Trinajstić information content (AvgIpc) is 2.86. The zero-order valence-electron chi connectivity index (χ0n) is 12.0. The maximum absolute atomic E-state index is 5.78. The molecule has 0 atom stereocenters. The Labute approximate surface area is 119 Å². The van der Waals surface area contributed by atoms with Gasteiger partial charge in [-0.15, -0.1) is 0 Å². The predicted octanol–water partition coefficient (Wildman–Crippen LogP) is 1.55. The molecule has 0 radical (unpaired) electrons. The number of nitrogens with two attached hydrogens (primary N) is 1. The van der Waals surface area contributed by atoms with E-state index in [0.717, 1.165) is 35.7 Å². The minimum Gasteiger partial charge on any atom is -0.493 e. The molecule has 1 heterocycles. The number of hydrogen-bond donors (Lipinski definition) is 1. The van der Waals surface area contributed by atoms with E-state index in [1.54, 1.807) is 13.3 Å². The molecule has 0 unspecified atom stereocenters. The lowest BCUT2D eigenvalue weighted by molar-refractivity contribution is 0.294. The number of rotatable bonds is 7. The van der Waals surface area contributed by atoms with Crippen molar-refractivity contribution in [1.29, 1.82) is 0 Å². The molecule has 0 bridgehead atoms. The van der Waals surface area contributed by atoms with Gasteiger partial charge in [-0.1, -0.05) is 6.07 Å². The lowest BCUT2D eigenvalue weighted by Gasteiger charge is -2.12. The molecule has 1 aromatic heterocycles. The monoisotopic (exact) mass is 275 g/mol. The lowest BCUT2D eigenvalue weighted by atomic mass is 10.1. The van der Waals surface area contributed by atoms with Crippen LogP contribution in [0.4, 0.5) is 0 Å². The second-order valence-corrected chi connectivity index (χ2v) is 4.58. The number of methoxy groups -OCH3 is 1. The maximum Gasteiger partial charge on any atom is 0.161 e. The highest BCUT2D eigenvalue weighted by molar-refractivity contribution is 5.43. The van der Waals surface area contributed by atoms with E-state index >= 15 is 0 Å². The molecule has 0 aliphatic heterocycles. The first-order valence-corrected chi connectivity index (χ1v) is 6.70. The molecule has 1 aromatic carbocycles. The van der Waals surface area contributed by atoms with Gasteiger partial charge in [-0.2, -0.15) is 0 Å². The van der Waals surface area contributed by atoms with Crippen molar-refractivity contribution in [1.82, 2.24) is 9.55 Å². The molecule has 2 aromatic rings. The van der Waals surface area contributed by atoms with Gasteiger partial charge in [-0.05, 0) is 30.7 Å². The van der Waals surface area contributed by atoms with Gasteiger partial charge in [0.1, 0.15) is 5.82 Å². The summed E-state index contributed by atoms with van der Waals surface area (Å²) in [6, 6.07) is 5.93. The number of nitrogens with zero attached hydrogens (tertiary/aromatic N) is 2. The van der Waals surface area contributed by atoms with Crippen LogP contribution in [0, 0.1) is 0 Å². The third-order valence-electron chi connectivity index (χ3n) is 3.17. The van der Waals surface area contributed by atoms with Crippen LogP contribution < -0.4 is 15.2 Å². The van der Waals surface area contributed by atoms with Gasteiger partial charge in [0.15, 0.2) is 11.5 Å². The van der Waals surface area contributed by atoms with E-state index in [9.17, 15) is 0 Å². The zero-order chi connectivity index (χ0) is 14.4. The van der Waals surface area contributed by atoms with Crippen LogP contribution in [-0.4, -0.2) is 29.8 Å². The van der Waals surface area contributed by atoms with Gasteiger partial charge in [0.25, 0.3) is 0 Å². The number of aromatic nitrogens is 2. The Morgan fingerprint density at radius 3 is 2.75 bits per heavy atom. The third kappa shape index (κ3) is 3.51. The minimum atomic E-state index is 0.567. The molecule has 5 nitrogen and oxygen atoms in total. The normalized spacial score (nSPS) is 10.6. The molecule has 108 valence electrons. The third-order valence-corrected chi connectivity index (χ3v) is 3.17. The van der Waals surface area contributed by atoms with Crippen LogP contribution in [-0.2, 0) is 19.9 Å². The van der Waals surface area contributed by atoms with Gasteiger partial charge in [0.2, 0.25) is 0 Å². The Hall–Kier alpha value is -2.01. The SMILES string of the molecule is COc1cc(CCN)ccc1OCCc1nccn1C. The summed E-state index contributed by atoms with van der Waals surface area (Å²) in [7, 11) is 3.62. The quantitative estimate of drug-likeness (QED) is 0.833. The fourth-order valence-electron chi connectivity index (χ4n) is 2.04. The summed E-state index contributed by atoms with van der Waals surface area (Å²) < 4.78 is 13.1. The highest BCUT2D eigenvalue weighted by atomic mass is 16.5. The molecule has 2 N–H and O–H groups in total. The summed E-state index contributed by atoms with van der Waals surface area (Å²) in [5.41, 5.74) is 6.71. The van der Waals surface area contributed by atoms with E-state index in [1.807, 2.05) is 36.0 Å². The number of hydrogen-bond acceptors (Lipinski definition) is 4. The van der Waals surface area contributed by atoms with Crippen LogP contribution >= 0.6 is 0 Å². The summed E-state index contributed by atoms with van der Waals surface area (Å²) in [4.78, 5) is 4.27. The van der Waals surface area contributed by atoms with Crippen LogP contribution in [0.3, 0.4) is 0 Å². The molecular weight excluding hydrogens is 254 g/mol. The summed E-state index contributed by atoms with van der Waals surface area (Å²) in [6.45, 7) is 1.19. The van der Waals surface area contributed by atoms with Crippen LogP contribution in [0.25, 0.3) is 0 Å². The van der Waals surface area contributed by atoms with Gasteiger partial charge >= 0.3 is 0 Å². The van der Waals surface area contributed by atoms with Gasteiger partial charge in [-0.25, -0.2) is 4.98 Å². The van der Waals surface area contributed by atoms with Crippen molar-refractivity contribution in [2.45, 2.75) is 12.8 Å². The van der Waals surface area contributed by atoms with E-state index in [4.69, 9.17) is 15.2 Å². The van der Waals surface area contributed by atoms with Gasteiger partial charge in [-0.3, -0.25) is 0 Å². The van der Waals surface area contributed by atoms with Crippen LogP contribution in [0.5, 0.6) is 11.5 Å². The molecule has 0 saturated heterocycles. The van der Waals surface area contributed by atoms with E-state index in [1.165, 1.54) is 0 Å². The first-order chi connectivity index (χ1) is 9.74. The largest absolute Gasteiger partial charge is 0.493 e. The average molecular weight is 275 g/mol. The molecule has 0 aliphatic rings. The van der Waals surface area contributed by atoms with Gasteiger partial charge < -0.3 is 19.8 Å². The Bertz CT molecular complexity index is 552. The molecular formula is C15H21N3O2. The smallest absolute Gasteiger partial charge is 0.161 e. The molecule has 0 aliphatic carbocycles. The fourth-order valence-corrected chi connectivity index (χ4v) is 2.04. The minimum absolute atomic E-state index is 0.567. The Morgan fingerprint density at radius 2 is 2.10 bits per heavy atom. The number of benzene rings is 1. The zero-order valence-corrected chi connectivity index (χ0v) is 12.0. The van der Waals surface area contributed by atoms with Crippen molar-refractivity contribution in [2.24, 2.45) is 12.8 Å². The Morgan fingerprint density at radius 1 is 1.25 bits per heavy atom. The highest BCUT2D eigenvalue weighted by Crippen LogP contribution is 2.28. The van der Waals surface area contributed by atoms with E-state index in [0.29, 0.717) is 13.2 Å². The van der Waals surface area contributed by atoms with E-state index < -0.39 is 0 Å². The van der Waals surface area contributed by atoms with Crippen molar-refractivity contribution in [3.05, 3.63) is 42.0 Å². The second-order valence-electron chi connectivity index (χ2n) is 4.58. The first kappa shape index (κ1) is 14.4. The fraction of sp³-hybridized carbons (Fsp3) is 0.400. The van der Waals surface area contributed by atoms with Crippen molar-refractivity contribution in [3.63, 3.8) is 0 Å². The molecule has 2 rings (SSSR count). The molecule has 5 heteroatoms. The number of ether oxygens (including phenoxy) is 2. The summed E-state index contributed by atoms with van der Waals surface area (Å²) in [5.74, 6) is 2.50. The van der Waals surface area contributed by atoms with Crippen molar-refractivity contribution in [2.75, 3.05) is 20.3 Å². The Balaban J connectivity index is 1.96. The van der Waals surface area contributed by atoms with Gasteiger partial charge in [0, 0.05) is 25.9 Å². The second kappa shape index (κ2) is 6.96. The molecule has 0 fully saturated rings. The molecule has 0 spiro atoms. The van der Waals surface area contributed by atoms with Crippen LogP contribution in [0.15, 0.2) is 30.6 Å². The van der Waals surface area contributed by atoms with Crippen molar-refractivity contribution < 1.29 is 9.47 Å². The summed E-state index contributed by atoms with van der Waals surface area (Å²) in [5, 5.41) is 0. The first-order valence-electron chi connectivity index (χ1n) is 6.70. The summed E-state index contributed by atoms with van der Waals surface area (Å²) in [6.07, 6.45) is 5.32. The van der Waals surface area contributed by atoms with Crippen LogP contribution in [0.1, 0.15) is 11.4 Å². The van der Waals surface area contributed by atoms with Crippen molar-refractivity contribution in [3.8, 4) is 11.5 Å². The van der Waals surface area contributed by atoms with Crippen LogP contribution in [0.2, 0.25) is 0 Å². The van der Waals surface area contributed by atoms with E-state index in [2.05, 4.69) is 4.98 Å². The number of aryl methyl sites for hydroxylation is 1. The molecule has 0 amide bonds. The van der Waals surface area contributed by atoms with Crippen molar-refractivity contribution >= 4 is 0 Å². The maximum atomic E-state index is 5.78. The number of imidazole rings is 1. The lowest BCUT2D eigenvalue weighted by Crippen LogP contribution is -2.07. The molecule has 20 heavy (non-hydrogen) atoms. The standard InChI is InChI=1S/C15H21N3O2/c1-18-9-8-17-15(18)6-10-20-13-4-3-12(5-7-16)11-14(13)19-2/h3-4,8-9,11H,5-7,10,16H2,1-2H3. The molecule has 0 saturated carbocycles. The predicted molar refractivity (Wildman–Crippen MR) is 78.2 cm³/mol. The topological polar surface area (TPSA) is 62.3 Å². The Kier molecular flexibility index (Phi) is 5.01. The highest BCUT2D eigenvalue weighted by Gasteiger charge is 2.06.